The van der Waals surface area contributed by atoms with Gasteiger partial charge in [0.2, 0.25) is 0 Å². The summed E-state index contributed by atoms with van der Waals surface area (Å²) in [7, 11) is 0. The summed E-state index contributed by atoms with van der Waals surface area (Å²) >= 11 is 0. The average Bonchev–Trinajstić information content (AvgIpc) is 2.57. The van der Waals surface area contributed by atoms with Gasteiger partial charge in [0.25, 0.3) is 0 Å². The van der Waals surface area contributed by atoms with Crippen LogP contribution in [-0.4, -0.2) is 25.8 Å². The van der Waals surface area contributed by atoms with Gasteiger partial charge in [-0.15, -0.1) is 0 Å². The maximum Gasteiger partial charge on any atom is 0.338 e. The van der Waals surface area contributed by atoms with Crippen molar-refractivity contribution < 1.29 is 14.3 Å². The fourth-order valence-electron chi connectivity index (χ4n) is 1.71. The zero-order chi connectivity index (χ0) is 13.3. The Morgan fingerprint density at radius 2 is 2.17 bits per heavy atom. The number of benzene rings is 1. The minimum absolute atomic E-state index is 0.328. The van der Waals surface area contributed by atoms with Crippen LogP contribution in [0, 0.1) is 19.7 Å². The molecule has 1 heterocycles. The van der Waals surface area contributed by atoms with Gasteiger partial charge >= 0.3 is 5.97 Å². The highest BCUT2D eigenvalue weighted by Gasteiger charge is 2.11. The van der Waals surface area contributed by atoms with Gasteiger partial charge in [-0.25, -0.2) is 18.9 Å². The molecular formula is C12H12FN3O2. The van der Waals surface area contributed by atoms with Gasteiger partial charge in [-0.1, -0.05) is 6.07 Å². The lowest BCUT2D eigenvalue weighted by atomic mass is 10.1. The van der Waals surface area contributed by atoms with Gasteiger partial charge in [0.1, 0.15) is 17.5 Å². The van der Waals surface area contributed by atoms with Crippen molar-refractivity contribution in [1.29, 1.82) is 0 Å². The Balaban J connectivity index is 2.28. The number of rotatable bonds is 3. The number of hydrogen-bond acceptors (Lipinski definition) is 3. The van der Waals surface area contributed by atoms with Crippen molar-refractivity contribution in [2.75, 3.05) is 0 Å². The van der Waals surface area contributed by atoms with E-state index in [1.54, 1.807) is 17.7 Å². The van der Waals surface area contributed by atoms with Crippen LogP contribution in [0.3, 0.4) is 0 Å². The number of hydrogen-bond donors (Lipinski definition) is 1. The van der Waals surface area contributed by atoms with Crippen molar-refractivity contribution in [3.63, 3.8) is 0 Å². The van der Waals surface area contributed by atoms with Gasteiger partial charge in [-0.3, -0.25) is 0 Å². The second-order valence-corrected chi connectivity index (χ2v) is 3.98. The Morgan fingerprint density at radius 1 is 1.44 bits per heavy atom. The van der Waals surface area contributed by atoms with Crippen molar-refractivity contribution >= 4 is 5.97 Å². The van der Waals surface area contributed by atoms with E-state index in [9.17, 15) is 9.18 Å². The summed E-state index contributed by atoms with van der Waals surface area (Å²) in [5, 5.41) is 12.9. The highest BCUT2D eigenvalue weighted by atomic mass is 19.1. The minimum atomic E-state index is -1.27. The average molecular weight is 249 g/mol. The lowest BCUT2D eigenvalue weighted by molar-refractivity contribution is 0.0692. The zero-order valence-electron chi connectivity index (χ0n) is 10.0. The number of aryl methyl sites for hydroxylation is 2. The first-order valence-electron chi connectivity index (χ1n) is 5.37. The molecule has 1 N–H and O–H groups in total. The Labute approximate surface area is 103 Å². The standard InChI is InChI=1S/C12H12FN3O2/c1-7-14-8(2)16(15-7)6-9-3-4-10(12(17)18)11(13)5-9/h3-5H,6H2,1-2H3,(H,17,18). The summed E-state index contributed by atoms with van der Waals surface area (Å²) in [6.45, 7) is 3.95. The first kappa shape index (κ1) is 12.2. The third-order valence-electron chi connectivity index (χ3n) is 2.56. The topological polar surface area (TPSA) is 68.0 Å². The van der Waals surface area contributed by atoms with Crippen molar-refractivity contribution in [2.24, 2.45) is 0 Å². The molecule has 0 saturated heterocycles. The van der Waals surface area contributed by atoms with Crippen LogP contribution in [0.1, 0.15) is 27.6 Å². The van der Waals surface area contributed by atoms with Crippen LogP contribution in [0.15, 0.2) is 18.2 Å². The van der Waals surface area contributed by atoms with Gasteiger partial charge in [-0.2, -0.15) is 5.10 Å². The molecule has 1 aromatic heterocycles. The molecule has 0 fully saturated rings. The van der Waals surface area contributed by atoms with E-state index in [2.05, 4.69) is 10.1 Å². The van der Waals surface area contributed by atoms with Crippen LogP contribution < -0.4 is 0 Å². The largest absolute Gasteiger partial charge is 0.478 e. The van der Waals surface area contributed by atoms with E-state index in [0.29, 0.717) is 17.9 Å². The predicted octanol–water partition coefficient (Wildman–Crippen LogP) is 1.78. The minimum Gasteiger partial charge on any atom is -0.478 e. The van der Waals surface area contributed by atoms with Gasteiger partial charge < -0.3 is 5.11 Å². The monoisotopic (exact) mass is 249 g/mol. The van der Waals surface area contributed by atoms with E-state index >= 15 is 0 Å². The van der Waals surface area contributed by atoms with Crippen molar-refractivity contribution in [3.05, 3.63) is 46.8 Å². The molecule has 0 aliphatic carbocycles. The molecule has 0 radical (unpaired) electrons. The fraction of sp³-hybridized carbons (Fsp3) is 0.250. The van der Waals surface area contributed by atoms with Crippen LogP contribution in [0.4, 0.5) is 4.39 Å². The first-order chi connectivity index (χ1) is 8.47. The van der Waals surface area contributed by atoms with E-state index in [0.717, 1.165) is 5.82 Å². The molecule has 0 aliphatic heterocycles. The lowest BCUT2D eigenvalue weighted by Crippen LogP contribution is -2.06. The summed E-state index contributed by atoms with van der Waals surface area (Å²) < 4.78 is 15.1. The normalized spacial score (nSPS) is 10.6. The highest BCUT2D eigenvalue weighted by molar-refractivity contribution is 5.87. The van der Waals surface area contributed by atoms with Gasteiger partial charge in [0.15, 0.2) is 0 Å². The quantitative estimate of drug-likeness (QED) is 0.900. The molecule has 0 saturated carbocycles. The SMILES string of the molecule is Cc1nc(C)n(Cc2ccc(C(=O)O)c(F)c2)n1. The van der Waals surface area contributed by atoms with Crippen molar-refractivity contribution in [3.8, 4) is 0 Å². The van der Waals surface area contributed by atoms with E-state index in [1.807, 2.05) is 6.92 Å². The molecule has 2 aromatic rings. The van der Waals surface area contributed by atoms with Crippen LogP contribution in [0.25, 0.3) is 0 Å². The Kier molecular flexibility index (Phi) is 3.10. The second kappa shape index (κ2) is 4.56. The van der Waals surface area contributed by atoms with Crippen LogP contribution >= 0.6 is 0 Å². The third-order valence-corrected chi connectivity index (χ3v) is 2.56. The molecule has 0 unspecified atom stereocenters. The Bertz CT molecular complexity index is 607. The smallest absolute Gasteiger partial charge is 0.338 e. The van der Waals surface area contributed by atoms with Gasteiger partial charge in [-0.05, 0) is 31.5 Å². The van der Waals surface area contributed by atoms with E-state index in [-0.39, 0.29) is 5.56 Å². The predicted molar refractivity (Wildman–Crippen MR) is 62.0 cm³/mol. The number of carbonyl (C=O) groups is 1. The number of nitrogens with zero attached hydrogens (tertiary/aromatic N) is 3. The number of aromatic nitrogens is 3. The third kappa shape index (κ3) is 2.37. The summed E-state index contributed by atoms with van der Waals surface area (Å²) in [5.74, 6) is -0.633. The lowest BCUT2D eigenvalue weighted by Gasteiger charge is -2.05. The molecule has 2 rings (SSSR count). The maximum atomic E-state index is 13.5. The second-order valence-electron chi connectivity index (χ2n) is 3.98. The van der Waals surface area contributed by atoms with Crippen molar-refractivity contribution in [2.45, 2.75) is 20.4 Å². The Morgan fingerprint density at radius 3 is 2.67 bits per heavy atom. The maximum absolute atomic E-state index is 13.5. The number of carboxylic acid groups (broad SMARTS) is 1. The molecule has 0 atom stereocenters. The molecule has 0 bridgehead atoms. The van der Waals surface area contributed by atoms with Crippen LogP contribution in [-0.2, 0) is 6.54 Å². The molecule has 0 amide bonds. The summed E-state index contributed by atoms with van der Waals surface area (Å²) in [5.41, 5.74) is 0.316. The first-order valence-corrected chi connectivity index (χ1v) is 5.37. The van der Waals surface area contributed by atoms with Gasteiger partial charge in [0, 0.05) is 0 Å². The number of aromatic carboxylic acids is 1. The highest BCUT2D eigenvalue weighted by Crippen LogP contribution is 2.12. The van der Waals surface area contributed by atoms with E-state index < -0.39 is 11.8 Å². The summed E-state index contributed by atoms with van der Waals surface area (Å²) in [6.07, 6.45) is 0. The molecule has 6 heteroatoms. The molecule has 0 spiro atoms. The molecular weight excluding hydrogens is 237 g/mol. The molecule has 0 aliphatic rings. The fourth-order valence-corrected chi connectivity index (χ4v) is 1.71. The van der Waals surface area contributed by atoms with E-state index in [1.165, 1.54) is 12.1 Å². The van der Waals surface area contributed by atoms with Crippen LogP contribution in [0.5, 0.6) is 0 Å². The van der Waals surface area contributed by atoms with Crippen LogP contribution in [0.2, 0.25) is 0 Å². The molecule has 5 nitrogen and oxygen atoms in total. The van der Waals surface area contributed by atoms with Crippen molar-refractivity contribution in [1.82, 2.24) is 14.8 Å². The number of carboxylic acids is 1. The molecule has 94 valence electrons. The molecule has 18 heavy (non-hydrogen) atoms. The Hall–Kier alpha value is -2.24. The van der Waals surface area contributed by atoms with E-state index in [4.69, 9.17) is 5.11 Å². The zero-order valence-corrected chi connectivity index (χ0v) is 10.0. The summed E-state index contributed by atoms with van der Waals surface area (Å²) in [6, 6.07) is 4.04. The van der Waals surface area contributed by atoms with Gasteiger partial charge in [0.05, 0.1) is 12.1 Å². The number of halogens is 1. The molecule has 1 aromatic carbocycles. The summed E-state index contributed by atoms with van der Waals surface area (Å²) in [4.78, 5) is 14.8.